The molecule has 0 spiro atoms. The molecule has 0 aromatic carbocycles. The third-order valence-electron chi connectivity index (χ3n) is 3.26. The van der Waals surface area contributed by atoms with Gasteiger partial charge in [-0.3, -0.25) is 4.79 Å². The van der Waals surface area contributed by atoms with Crippen LogP contribution in [0.4, 0.5) is 0 Å². The van der Waals surface area contributed by atoms with Crippen LogP contribution in [0.25, 0.3) is 10.2 Å². The van der Waals surface area contributed by atoms with Gasteiger partial charge in [0.25, 0.3) is 5.56 Å². The number of fused-ring (bicyclic) bond motifs is 1. The first-order chi connectivity index (χ1) is 9.67. The van der Waals surface area contributed by atoms with Gasteiger partial charge in [0.1, 0.15) is 20.5 Å². The van der Waals surface area contributed by atoms with Crippen LogP contribution < -0.4 is 10.9 Å². The van der Waals surface area contributed by atoms with E-state index in [9.17, 15) is 13.2 Å². The largest absolute Gasteiger partial charge is 0.309 e. The maximum atomic E-state index is 12.1. The molecule has 0 amide bonds. The van der Waals surface area contributed by atoms with E-state index in [4.69, 9.17) is 0 Å². The highest BCUT2D eigenvalue weighted by atomic mass is 32.2. The SMILES string of the molecule is Cc1sc2nc(CNC(C)CS(C)(=O)=O)[nH]c(=O)c2c1C. The predicted molar refractivity (Wildman–Crippen MR) is 85.7 cm³/mol. The maximum absolute atomic E-state index is 12.1. The summed E-state index contributed by atoms with van der Waals surface area (Å²) in [5, 5.41) is 3.71. The summed E-state index contributed by atoms with van der Waals surface area (Å²) < 4.78 is 22.4. The molecule has 6 nitrogen and oxygen atoms in total. The van der Waals surface area contributed by atoms with Crippen molar-refractivity contribution in [2.24, 2.45) is 0 Å². The Morgan fingerprint density at radius 1 is 1.38 bits per heavy atom. The number of aromatic amines is 1. The monoisotopic (exact) mass is 329 g/mol. The van der Waals surface area contributed by atoms with Crippen LogP contribution in [-0.4, -0.2) is 36.4 Å². The highest BCUT2D eigenvalue weighted by Gasteiger charge is 2.13. The number of nitrogens with one attached hydrogen (secondary N) is 2. The van der Waals surface area contributed by atoms with Gasteiger partial charge in [0.2, 0.25) is 0 Å². The van der Waals surface area contributed by atoms with Gasteiger partial charge in [0.05, 0.1) is 17.7 Å². The van der Waals surface area contributed by atoms with Crippen molar-refractivity contribution in [1.82, 2.24) is 15.3 Å². The van der Waals surface area contributed by atoms with Gasteiger partial charge in [0, 0.05) is 17.2 Å². The Bertz CT molecular complexity index is 821. The Morgan fingerprint density at radius 2 is 2.05 bits per heavy atom. The van der Waals surface area contributed by atoms with Crippen molar-refractivity contribution in [3.05, 3.63) is 26.6 Å². The van der Waals surface area contributed by atoms with Crippen molar-refractivity contribution in [3.63, 3.8) is 0 Å². The fraction of sp³-hybridized carbons (Fsp3) is 0.538. The van der Waals surface area contributed by atoms with Crippen LogP contribution in [0.5, 0.6) is 0 Å². The summed E-state index contributed by atoms with van der Waals surface area (Å²) in [6, 6.07) is -0.201. The van der Waals surface area contributed by atoms with Crippen molar-refractivity contribution < 1.29 is 8.42 Å². The second-order valence-corrected chi connectivity index (χ2v) is 8.74. The Morgan fingerprint density at radius 3 is 2.67 bits per heavy atom. The lowest BCUT2D eigenvalue weighted by atomic mass is 10.2. The first kappa shape index (κ1) is 16.1. The molecule has 116 valence electrons. The van der Waals surface area contributed by atoms with Gasteiger partial charge in [-0.1, -0.05) is 0 Å². The summed E-state index contributed by atoms with van der Waals surface area (Å²) in [4.78, 5) is 21.1. The predicted octanol–water partition coefficient (Wildman–Crippen LogP) is 1.12. The molecule has 8 heteroatoms. The van der Waals surface area contributed by atoms with Crippen LogP contribution in [0.1, 0.15) is 23.2 Å². The summed E-state index contributed by atoms with van der Waals surface area (Å²) in [5.41, 5.74) is 0.822. The van der Waals surface area contributed by atoms with Gasteiger partial charge in [-0.05, 0) is 26.3 Å². The molecule has 0 radical (unpaired) electrons. The van der Waals surface area contributed by atoms with E-state index >= 15 is 0 Å². The molecule has 0 aliphatic carbocycles. The van der Waals surface area contributed by atoms with Crippen molar-refractivity contribution in [3.8, 4) is 0 Å². The molecule has 0 saturated heterocycles. The molecule has 0 fully saturated rings. The standard InChI is InChI=1S/C13H19N3O3S2/c1-7(6-21(4,18)19)14-5-10-15-12(17)11-8(2)9(3)20-13(11)16-10/h7,14H,5-6H2,1-4H3,(H,15,16,17). The highest BCUT2D eigenvalue weighted by Crippen LogP contribution is 2.25. The molecule has 2 aromatic heterocycles. The van der Waals surface area contributed by atoms with Crippen LogP contribution in [0, 0.1) is 13.8 Å². The minimum atomic E-state index is -3.03. The third kappa shape index (κ3) is 3.90. The minimum Gasteiger partial charge on any atom is -0.309 e. The zero-order chi connectivity index (χ0) is 15.8. The first-order valence-electron chi connectivity index (χ1n) is 6.57. The van der Waals surface area contributed by atoms with Crippen LogP contribution in [-0.2, 0) is 16.4 Å². The summed E-state index contributed by atoms with van der Waals surface area (Å²) >= 11 is 1.50. The smallest absolute Gasteiger partial charge is 0.259 e. The molecule has 0 saturated carbocycles. The second kappa shape index (κ2) is 5.86. The van der Waals surface area contributed by atoms with Gasteiger partial charge in [0.15, 0.2) is 0 Å². The average molecular weight is 329 g/mol. The number of nitrogens with zero attached hydrogens (tertiary/aromatic N) is 1. The molecular weight excluding hydrogens is 310 g/mol. The zero-order valence-electron chi connectivity index (χ0n) is 12.5. The molecule has 0 bridgehead atoms. The van der Waals surface area contributed by atoms with Crippen molar-refractivity contribution >= 4 is 31.4 Å². The Balaban J connectivity index is 2.19. The lowest BCUT2D eigenvalue weighted by Crippen LogP contribution is -2.33. The molecule has 2 N–H and O–H groups in total. The number of H-pyrrole nitrogens is 1. The zero-order valence-corrected chi connectivity index (χ0v) is 14.1. The molecular formula is C13H19N3O3S2. The van der Waals surface area contributed by atoms with Crippen molar-refractivity contribution in [2.45, 2.75) is 33.4 Å². The normalized spacial score (nSPS) is 13.7. The minimum absolute atomic E-state index is 0.0523. The van der Waals surface area contributed by atoms with E-state index in [2.05, 4.69) is 15.3 Å². The summed E-state index contributed by atoms with van der Waals surface area (Å²) in [7, 11) is -3.03. The average Bonchev–Trinajstić information content (AvgIpc) is 2.61. The second-order valence-electron chi connectivity index (χ2n) is 5.35. The topological polar surface area (TPSA) is 91.9 Å². The number of rotatable bonds is 5. The molecule has 2 rings (SSSR count). The van der Waals surface area contributed by atoms with E-state index in [1.807, 2.05) is 13.8 Å². The summed E-state index contributed by atoms with van der Waals surface area (Å²) in [5.74, 6) is 0.575. The highest BCUT2D eigenvalue weighted by molar-refractivity contribution is 7.90. The number of hydrogen-bond donors (Lipinski definition) is 2. The van der Waals surface area contributed by atoms with E-state index in [0.717, 1.165) is 15.3 Å². The fourth-order valence-corrected chi connectivity index (χ4v) is 4.24. The van der Waals surface area contributed by atoms with Crippen LogP contribution in [0.2, 0.25) is 0 Å². The molecule has 0 aliphatic rings. The van der Waals surface area contributed by atoms with Gasteiger partial charge < -0.3 is 10.3 Å². The number of aromatic nitrogens is 2. The molecule has 21 heavy (non-hydrogen) atoms. The van der Waals surface area contributed by atoms with Gasteiger partial charge in [-0.25, -0.2) is 13.4 Å². The number of thiophene rings is 1. The van der Waals surface area contributed by atoms with Crippen molar-refractivity contribution in [2.75, 3.05) is 12.0 Å². The summed E-state index contributed by atoms with van der Waals surface area (Å²) in [6.07, 6.45) is 1.20. The maximum Gasteiger partial charge on any atom is 0.259 e. The number of hydrogen-bond acceptors (Lipinski definition) is 6. The molecule has 2 heterocycles. The molecule has 2 aromatic rings. The quantitative estimate of drug-likeness (QED) is 0.858. The van der Waals surface area contributed by atoms with E-state index < -0.39 is 9.84 Å². The van der Waals surface area contributed by atoms with E-state index in [-0.39, 0.29) is 17.4 Å². The third-order valence-corrected chi connectivity index (χ3v) is 5.47. The molecule has 0 aliphatic heterocycles. The van der Waals surface area contributed by atoms with Crippen LogP contribution in [0.3, 0.4) is 0 Å². The van der Waals surface area contributed by atoms with E-state index in [0.29, 0.717) is 17.8 Å². The first-order valence-corrected chi connectivity index (χ1v) is 9.45. The van der Waals surface area contributed by atoms with Gasteiger partial charge in [-0.2, -0.15) is 0 Å². The Hall–Kier alpha value is -1.25. The van der Waals surface area contributed by atoms with Gasteiger partial charge >= 0.3 is 0 Å². The number of aryl methyl sites for hydroxylation is 2. The van der Waals surface area contributed by atoms with Crippen molar-refractivity contribution in [1.29, 1.82) is 0 Å². The Kier molecular flexibility index (Phi) is 4.50. The van der Waals surface area contributed by atoms with Gasteiger partial charge in [-0.15, -0.1) is 11.3 Å². The number of sulfone groups is 1. The molecule has 1 atom stereocenters. The Labute approximate surface area is 127 Å². The molecule has 1 unspecified atom stereocenters. The lowest BCUT2D eigenvalue weighted by molar-refractivity contribution is 0.551. The van der Waals surface area contributed by atoms with E-state index in [1.54, 1.807) is 6.92 Å². The lowest BCUT2D eigenvalue weighted by Gasteiger charge is -2.11. The fourth-order valence-electron chi connectivity index (χ4n) is 2.17. The van der Waals surface area contributed by atoms with E-state index in [1.165, 1.54) is 17.6 Å². The summed E-state index contributed by atoms with van der Waals surface area (Å²) in [6.45, 7) is 6.00. The van der Waals surface area contributed by atoms with Crippen LogP contribution >= 0.6 is 11.3 Å². The van der Waals surface area contributed by atoms with Crippen LogP contribution in [0.15, 0.2) is 4.79 Å².